The Hall–Kier alpha value is -4.63. The van der Waals surface area contributed by atoms with Crippen LogP contribution in [-0.2, 0) is 16.2 Å². The van der Waals surface area contributed by atoms with Crippen LogP contribution in [0.15, 0.2) is 88.9 Å². The number of carbonyl (C=O) groups is 3. The lowest BCUT2D eigenvalue weighted by molar-refractivity contribution is -0.122. The first-order chi connectivity index (χ1) is 18.5. The molecule has 8 nitrogen and oxygen atoms in total. The molecule has 2 heterocycles. The third-order valence-electron chi connectivity index (χ3n) is 6.20. The van der Waals surface area contributed by atoms with Gasteiger partial charge >= 0.3 is 6.03 Å². The van der Waals surface area contributed by atoms with Gasteiger partial charge in [-0.1, -0.05) is 52.3 Å². The molecule has 4 aromatic rings. The quantitative estimate of drug-likeness (QED) is 0.249. The lowest BCUT2D eigenvalue weighted by atomic mass is 10.1. The molecule has 2 aliphatic heterocycles. The topological polar surface area (TPSA) is 94.2 Å². The number of carbonyl (C=O) groups excluding carboxylic acids is 3. The fourth-order valence-corrected chi connectivity index (χ4v) is 4.70. The number of nitrogens with zero attached hydrogens (tertiary/aromatic N) is 1. The number of urea groups is 1. The van der Waals surface area contributed by atoms with E-state index in [1.54, 1.807) is 24.3 Å². The van der Waals surface area contributed by atoms with E-state index in [4.69, 9.17) is 14.2 Å². The second-order valence-electron chi connectivity index (χ2n) is 8.65. The molecule has 0 bridgehead atoms. The Balaban J connectivity index is 1.30. The summed E-state index contributed by atoms with van der Waals surface area (Å²) in [6.07, 6.45) is 1.42. The number of barbiturate groups is 1. The van der Waals surface area contributed by atoms with Crippen LogP contribution in [-0.4, -0.2) is 24.6 Å². The summed E-state index contributed by atoms with van der Waals surface area (Å²) >= 11 is 3.44. The first-order valence-corrected chi connectivity index (χ1v) is 12.5. The van der Waals surface area contributed by atoms with Crippen molar-refractivity contribution in [2.24, 2.45) is 0 Å². The van der Waals surface area contributed by atoms with Crippen LogP contribution in [0.5, 0.6) is 17.2 Å². The molecule has 0 aliphatic carbocycles. The molecule has 4 amide bonds. The predicted molar refractivity (Wildman–Crippen MR) is 144 cm³/mol. The molecule has 0 saturated carbocycles. The monoisotopic (exact) mass is 570 g/mol. The van der Waals surface area contributed by atoms with Crippen LogP contribution in [0.25, 0.3) is 16.8 Å². The van der Waals surface area contributed by atoms with Gasteiger partial charge in [0.25, 0.3) is 11.8 Å². The summed E-state index contributed by atoms with van der Waals surface area (Å²) in [6, 6.07) is 23.3. The fourth-order valence-electron chi connectivity index (χ4n) is 4.32. The van der Waals surface area contributed by atoms with E-state index < -0.39 is 17.8 Å². The molecular formula is C29H19BrN2O6. The van der Waals surface area contributed by atoms with Crippen molar-refractivity contribution in [3.63, 3.8) is 0 Å². The van der Waals surface area contributed by atoms with E-state index in [0.29, 0.717) is 22.8 Å². The van der Waals surface area contributed by atoms with Gasteiger partial charge in [-0.2, -0.15) is 0 Å². The Labute approximate surface area is 225 Å². The van der Waals surface area contributed by atoms with Gasteiger partial charge in [-0.05, 0) is 58.8 Å². The van der Waals surface area contributed by atoms with Gasteiger partial charge in [-0.15, -0.1) is 0 Å². The smallest absolute Gasteiger partial charge is 0.335 e. The molecule has 2 aliphatic rings. The number of anilines is 1. The molecule has 0 radical (unpaired) electrons. The minimum Gasteiger partial charge on any atom is -0.488 e. The summed E-state index contributed by atoms with van der Waals surface area (Å²) in [5.41, 5.74) is 1.50. The van der Waals surface area contributed by atoms with E-state index in [9.17, 15) is 14.4 Å². The molecule has 188 valence electrons. The van der Waals surface area contributed by atoms with E-state index in [1.165, 1.54) is 12.1 Å². The number of amides is 4. The Morgan fingerprint density at radius 3 is 2.58 bits per heavy atom. The van der Waals surface area contributed by atoms with Gasteiger partial charge in [0, 0.05) is 16.1 Å². The van der Waals surface area contributed by atoms with Crippen molar-refractivity contribution in [3.05, 3.63) is 100 Å². The zero-order valence-corrected chi connectivity index (χ0v) is 21.4. The molecule has 6 rings (SSSR count). The van der Waals surface area contributed by atoms with Gasteiger partial charge in [0.2, 0.25) is 6.79 Å². The molecule has 1 N–H and O–H groups in total. The SMILES string of the molecule is O=C1NC(=O)N(c2ccc3c(c2)OCO3)C(=O)/C1=C/c1cc(Br)ccc1OCc1ccc2ccccc2c1. The molecule has 1 saturated heterocycles. The van der Waals surface area contributed by atoms with Crippen molar-refractivity contribution < 1.29 is 28.6 Å². The number of ether oxygens (including phenoxy) is 3. The van der Waals surface area contributed by atoms with Gasteiger partial charge in [0.1, 0.15) is 17.9 Å². The lowest BCUT2D eigenvalue weighted by Crippen LogP contribution is -2.54. The van der Waals surface area contributed by atoms with Crippen LogP contribution >= 0.6 is 15.9 Å². The zero-order chi connectivity index (χ0) is 26.2. The summed E-state index contributed by atoms with van der Waals surface area (Å²) in [7, 11) is 0. The van der Waals surface area contributed by atoms with Gasteiger partial charge in [-0.3, -0.25) is 14.9 Å². The fraction of sp³-hybridized carbons (Fsp3) is 0.0690. The third kappa shape index (κ3) is 4.48. The molecule has 0 atom stereocenters. The van der Waals surface area contributed by atoms with Crippen molar-refractivity contribution in [1.82, 2.24) is 5.32 Å². The summed E-state index contributed by atoms with van der Waals surface area (Å²) in [6.45, 7) is 0.331. The molecular weight excluding hydrogens is 552 g/mol. The van der Waals surface area contributed by atoms with Gasteiger partial charge in [0.15, 0.2) is 11.5 Å². The molecule has 38 heavy (non-hydrogen) atoms. The van der Waals surface area contributed by atoms with Gasteiger partial charge in [0.05, 0.1) is 5.69 Å². The maximum Gasteiger partial charge on any atom is 0.335 e. The maximum atomic E-state index is 13.4. The first kappa shape index (κ1) is 23.7. The highest BCUT2D eigenvalue weighted by Gasteiger charge is 2.37. The van der Waals surface area contributed by atoms with Crippen LogP contribution in [0, 0.1) is 0 Å². The van der Waals surface area contributed by atoms with Crippen molar-refractivity contribution in [3.8, 4) is 17.2 Å². The Morgan fingerprint density at radius 2 is 1.71 bits per heavy atom. The summed E-state index contributed by atoms with van der Waals surface area (Å²) < 4.78 is 17.5. The third-order valence-corrected chi connectivity index (χ3v) is 6.69. The van der Waals surface area contributed by atoms with E-state index in [0.717, 1.165) is 25.7 Å². The average molecular weight is 571 g/mol. The average Bonchev–Trinajstić information content (AvgIpc) is 3.38. The molecule has 9 heteroatoms. The second kappa shape index (κ2) is 9.68. The standard InChI is InChI=1S/C29H19BrN2O6/c30-21-7-9-24(36-15-17-5-6-18-3-1-2-4-19(18)11-17)20(12-21)13-23-27(33)31-29(35)32(28(23)34)22-8-10-25-26(14-22)38-16-37-25/h1-14H,15-16H2,(H,31,33,35)/b23-13+. The highest BCUT2D eigenvalue weighted by Crippen LogP contribution is 2.36. The minimum atomic E-state index is -0.849. The summed E-state index contributed by atoms with van der Waals surface area (Å²) in [4.78, 5) is 39.7. The number of hydrogen-bond donors (Lipinski definition) is 1. The van der Waals surface area contributed by atoms with Gasteiger partial charge in [-0.25, -0.2) is 9.69 Å². The van der Waals surface area contributed by atoms with Crippen LogP contribution in [0.1, 0.15) is 11.1 Å². The number of halogens is 1. The highest BCUT2D eigenvalue weighted by atomic mass is 79.9. The van der Waals surface area contributed by atoms with Crippen molar-refractivity contribution in [1.29, 1.82) is 0 Å². The molecule has 0 spiro atoms. The van der Waals surface area contributed by atoms with Crippen LogP contribution in [0.2, 0.25) is 0 Å². The number of imide groups is 2. The number of fused-ring (bicyclic) bond motifs is 2. The number of benzene rings is 4. The Bertz CT molecular complexity index is 1660. The maximum absolute atomic E-state index is 13.4. The molecule has 0 unspecified atom stereocenters. The van der Waals surface area contributed by atoms with E-state index in [1.807, 2.05) is 42.5 Å². The van der Waals surface area contributed by atoms with Crippen molar-refractivity contribution in [2.75, 3.05) is 11.7 Å². The normalized spacial score (nSPS) is 15.8. The van der Waals surface area contributed by atoms with Gasteiger partial charge < -0.3 is 14.2 Å². The molecule has 0 aromatic heterocycles. The lowest BCUT2D eigenvalue weighted by Gasteiger charge is -2.26. The summed E-state index contributed by atoms with van der Waals surface area (Å²) in [5.74, 6) is -0.175. The molecule has 4 aromatic carbocycles. The largest absolute Gasteiger partial charge is 0.488 e. The van der Waals surface area contributed by atoms with Crippen LogP contribution in [0.3, 0.4) is 0 Å². The first-order valence-electron chi connectivity index (χ1n) is 11.7. The Kier molecular flexibility index (Phi) is 6.05. The van der Waals surface area contributed by atoms with Crippen molar-refractivity contribution >= 4 is 56.3 Å². The Morgan fingerprint density at radius 1 is 0.895 bits per heavy atom. The zero-order valence-electron chi connectivity index (χ0n) is 19.8. The van der Waals surface area contributed by atoms with E-state index in [-0.39, 0.29) is 24.7 Å². The van der Waals surface area contributed by atoms with Crippen LogP contribution in [0.4, 0.5) is 10.5 Å². The summed E-state index contributed by atoms with van der Waals surface area (Å²) in [5, 5.41) is 4.47. The second-order valence-corrected chi connectivity index (χ2v) is 9.56. The minimum absolute atomic E-state index is 0.0490. The van der Waals surface area contributed by atoms with E-state index in [2.05, 4.69) is 27.3 Å². The van der Waals surface area contributed by atoms with Crippen molar-refractivity contribution in [2.45, 2.75) is 6.61 Å². The number of nitrogens with one attached hydrogen (secondary N) is 1. The number of rotatable bonds is 5. The number of hydrogen-bond acceptors (Lipinski definition) is 6. The molecule has 1 fully saturated rings. The predicted octanol–water partition coefficient (Wildman–Crippen LogP) is 5.58. The highest BCUT2D eigenvalue weighted by molar-refractivity contribution is 9.10. The van der Waals surface area contributed by atoms with E-state index >= 15 is 0 Å². The van der Waals surface area contributed by atoms with Crippen LogP contribution < -0.4 is 24.4 Å².